The molecular formula is C15H13FN2O. The van der Waals surface area contributed by atoms with Gasteiger partial charge in [-0.05, 0) is 29.8 Å². The number of rotatable bonds is 1. The standard InChI is InChI=1S/C15H13FN2O/c16-11-7-5-10(6-8-11)14-9-17-15(19)12-3-1-2-4-13(12)18-14/h1-8,14,18H,9H2,(H,17,19). The van der Waals surface area contributed by atoms with Crippen molar-refractivity contribution in [3.8, 4) is 0 Å². The maximum atomic E-state index is 12.9. The number of halogens is 1. The molecular weight excluding hydrogens is 243 g/mol. The Hall–Kier alpha value is -2.36. The first-order valence-corrected chi connectivity index (χ1v) is 6.13. The smallest absolute Gasteiger partial charge is 0.253 e. The van der Waals surface area contributed by atoms with E-state index in [0.29, 0.717) is 12.1 Å². The molecule has 2 N–H and O–H groups in total. The topological polar surface area (TPSA) is 41.1 Å². The summed E-state index contributed by atoms with van der Waals surface area (Å²) in [5.74, 6) is -0.352. The van der Waals surface area contributed by atoms with Gasteiger partial charge in [0.2, 0.25) is 0 Å². The van der Waals surface area contributed by atoms with E-state index in [4.69, 9.17) is 0 Å². The molecule has 0 aromatic heterocycles. The number of hydrogen-bond donors (Lipinski definition) is 2. The fourth-order valence-corrected chi connectivity index (χ4v) is 2.23. The zero-order valence-electron chi connectivity index (χ0n) is 10.2. The molecule has 0 saturated carbocycles. The Bertz CT molecular complexity index is 610. The molecule has 1 aliphatic rings. The zero-order valence-corrected chi connectivity index (χ0v) is 10.2. The highest BCUT2D eigenvalue weighted by molar-refractivity contribution is 6.00. The summed E-state index contributed by atoms with van der Waals surface area (Å²) in [7, 11) is 0. The van der Waals surface area contributed by atoms with Crippen LogP contribution < -0.4 is 10.6 Å². The summed E-state index contributed by atoms with van der Waals surface area (Å²) in [6, 6.07) is 13.6. The van der Waals surface area contributed by atoms with Gasteiger partial charge in [-0.2, -0.15) is 0 Å². The van der Waals surface area contributed by atoms with Crippen LogP contribution in [0.3, 0.4) is 0 Å². The monoisotopic (exact) mass is 256 g/mol. The molecule has 3 rings (SSSR count). The molecule has 0 bridgehead atoms. The third-order valence-electron chi connectivity index (χ3n) is 3.24. The lowest BCUT2D eigenvalue weighted by molar-refractivity contribution is 0.0955. The first-order valence-electron chi connectivity index (χ1n) is 6.13. The number of benzene rings is 2. The van der Waals surface area contributed by atoms with Crippen molar-refractivity contribution in [2.24, 2.45) is 0 Å². The van der Waals surface area contributed by atoms with Crippen molar-refractivity contribution in [3.63, 3.8) is 0 Å². The summed E-state index contributed by atoms with van der Waals surface area (Å²) in [5.41, 5.74) is 2.37. The van der Waals surface area contributed by atoms with Crippen LogP contribution in [0.5, 0.6) is 0 Å². The molecule has 3 nitrogen and oxygen atoms in total. The van der Waals surface area contributed by atoms with E-state index >= 15 is 0 Å². The van der Waals surface area contributed by atoms with Crippen LogP contribution in [-0.2, 0) is 0 Å². The lowest BCUT2D eigenvalue weighted by atomic mass is 10.1. The van der Waals surface area contributed by atoms with Crippen molar-refractivity contribution >= 4 is 11.6 Å². The maximum absolute atomic E-state index is 12.9. The molecule has 1 aliphatic heterocycles. The van der Waals surface area contributed by atoms with Gasteiger partial charge in [-0.25, -0.2) is 4.39 Å². The number of nitrogens with one attached hydrogen (secondary N) is 2. The Labute approximate surface area is 110 Å². The van der Waals surface area contributed by atoms with Gasteiger partial charge in [0, 0.05) is 12.2 Å². The lowest BCUT2D eigenvalue weighted by Gasteiger charge is -2.17. The average molecular weight is 256 g/mol. The van der Waals surface area contributed by atoms with Crippen molar-refractivity contribution in [2.45, 2.75) is 6.04 Å². The summed E-state index contributed by atoms with van der Waals surface area (Å²) in [4.78, 5) is 11.9. The second kappa shape index (κ2) is 4.72. The van der Waals surface area contributed by atoms with Crippen molar-refractivity contribution in [1.82, 2.24) is 5.32 Å². The minimum atomic E-state index is -0.262. The van der Waals surface area contributed by atoms with E-state index in [2.05, 4.69) is 10.6 Å². The van der Waals surface area contributed by atoms with Gasteiger partial charge < -0.3 is 10.6 Å². The Morgan fingerprint density at radius 2 is 1.79 bits per heavy atom. The molecule has 4 heteroatoms. The van der Waals surface area contributed by atoms with E-state index in [9.17, 15) is 9.18 Å². The van der Waals surface area contributed by atoms with Crippen LogP contribution in [-0.4, -0.2) is 12.5 Å². The molecule has 1 heterocycles. The summed E-state index contributed by atoms with van der Waals surface area (Å²) in [5, 5.41) is 6.19. The number of fused-ring (bicyclic) bond motifs is 1. The first kappa shape index (κ1) is 11.7. The zero-order chi connectivity index (χ0) is 13.2. The Morgan fingerprint density at radius 3 is 2.58 bits per heavy atom. The summed E-state index contributed by atoms with van der Waals surface area (Å²) in [6.45, 7) is 0.471. The normalized spacial score (nSPS) is 17.9. The molecule has 1 atom stereocenters. The van der Waals surface area contributed by atoms with E-state index in [-0.39, 0.29) is 17.8 Å². The van der Waals surface area contributed by atoms with Crippen LogP contribution in [0, 0.1) is 5.82 Å². The van der Waals surface area contributed by atoms with Crippen LogP contribution in [0.1, 0.15) is 22.0 Å². The highest BCUT2D eigenvalue weighted by atomic mass is 19.1. The maximum Gasteiger partial charge on any atom is 0.253 e. The van der Waals surface area contributed by atoms with Gasteiger partial charge in [0.05, 0.1) is 11.6 Å². The van der Waals surface area contributed by atoms with E-state index in [1.807, 2.05) is 18.2 Å². The SMILES string of the molecule is O=C1NCC(c2ccc(F)cc2)Nc2ccccc21. The number of amides is 1. The fourth-order valence-electron chi connectivity index (χ4n) is 2.23. The van der Waals surface area contributed by atoms with Gasteiger partial charge in [-0.1, -0.05) is 24.3 Å². The Balaban J connectivity index is 1.94. The van der Waals surface area contributed by atoms with Crippen LogP contribution >= 0.6 is 0 Å². The number of anilines is 1. The van der Waals surface area contributed by atoms with Gasteiger partial charge in [-0.15, -0.1) is 0 Å². The predicted molar refractivity (Wildman–Crippen MR) is 71.5 cm³/mol. The molecule has 0 radical (unpaired) electrons. The number of para-hydroxylation sites is 1. The third kappa shape index (κ3) is 2.29. The highest BCUT2D eigenvalue weighted by Crippen LogP contribution is 2.25. The summed E-state index contributed by atoms with van der Waals surface area (Å²) < 4.78 is 12.9. The number of carbonyl (C=O) groups is 1. The van der Waals surface area contributed by atoms with Gasteiger partial charge in [0.25, 0.3) is 5.91 Å². The molecule has 1 amide bonds. The van der Waals surface area contributed by atoms with Gasteiger partial charge in [0.1, 0.15) is 5.82 Å². The highest BCUT2D eigenvalue weighted by Gasteiger charge is 2.21. The molecule has 2 aromatic rings. The molecule has 0 fully saturated rings. The Morgan fingerprint density at radius 1 is 1.05 bits per heavy atom. The van der Waals surface area contributed by atoms with Gasteiger partial charge in [0.15, 0.2) is 0 Å². The van der Waals surface area contributed by atoms with E-state index in [1.165, 1.54) is 12.1 Å². The molecule has 0 saturated heterocycles. The molecule has 2 aromatic carbocycles. The van der Waals surface area contributed by atoms with Crippen LogP contribution in [0.4, 0.5) is 10.1 Å². The number of carbonyl (C=O) groups excluding carboxylic acids is 1. The minimum absolute atomic E-state index is 0.0619. The van der Waals surface area contributed by atoms with Crippen molar-refractivity contribution < 1.29 is 9.18 Å². The first-order chi connectivity index (χ1) is 9.24. The quantitative estimate of drug-likeness (QED) is 0.823. The third-order valence-corrected chi connectivity index (χ3v) is 3.24. The second-order valence-corrected chi connectivity index (χ2v) is 4.50. The second-order valence-electron chi connectivity index (χ2n) is 4.50. The van der Waals surface area contributed by atoms with E-state index in [1.54, 1.807) is 18.2 Å². The largest absolute Gasteiger partial charge is 0.376 e. The molecule has 0 spiro atoms. The summed E-state index contributed by atoms with van der Waals surface area (Å²) >= 11 is 0. The van der Waals surface area contributed by atoms with Crippen molar-refractivity contribution in [1.29, 1.82) is 0 Å². The lowest BCUT2D eigenvalue weighted by Crippen LogP contribution is -2.27. The van der Waals surface area contributed by atoms with E-state index in [0.717, 1.165) is 11.3 Å². The van der Waals surface area contributed by atoms with Crippen LogP contribution in [0.2, 0.25) is 0 Å². The fraction of sp³-hybridized carbons (Fsp3) is 0.133. The molecule has 96 valence electrons. The van der Waals surface area contributed by atoms with Crippen molar-refractivity contribution in [3.05, 3.63) is 65.5 Å². The van der Waals surface area contributed by atoms with Crippen molar-refractivity contribution in [2.75, 3.05) is 11.9 Å². The Kier molecular flexibility index (Phi) is 2.91. The molecule has 19 heavy (non-hydrogen) atoms. The van der Waals surface area contributed by atoms with Gasteiger partial charge in [-0.3, -0.25) is 4.79 Å². The average Bonchev–Trinajstić information content (AvgIpc) is 2.60. The number of hydrogen-bond acceptors (Lipinski definition) is 2. The van der Waals surface area contributed by atoms with E-state index < -0.39 is 0 Å². The minimum Gasteiger partial charge on any atom is -0.376 e. The van der Waals surface area contributed by atoms with Gasteiger partial charge >= 0.3 is 0 Å². The predicted octanol–water partition coefficient (Wildman–Crippen LogP) is 2.72. The van der Waals surface area contributed by atoms with Crippen LogP contribution in [0.15, 0.2) is 48.5 Å². The molecule has 0 aliphatic carbocycles. The molecule has 1 unspecified atom stereocenters. The summed E-state index contributed by atoms with van der Waals surface area (Å²) in [6.07, 6.45) is 0. The van der Waals surface area contributed by atoms with Crippen LogP contribution in [0.25, 0.3) is 0 Å².